The second-order valence-electron chi connectivity index (χ2n) is 9.58. The van der Waals surface area contributed by atoms with Crippen LogP contribution in [0.15, 0.2) is 24.0 Å². The van der Waals surface area contributed by atoms with Crippen LogP contribution in [0, 0.1) is 29.4 Å². The number of rotatable bonds is 8. The molecule has 0 spiro atoms. The first-order chi connectivity index (χ1) is 15.7. The standard InChI is InChI=1S/C27H37NO5.Mn/c1-8-18-15-28-13-12-27(4,23(28)14-21(18)22(16-31-5)26(30)33-7)25(29)20-11-9-10-19(17(2)3)24(20)32-6;/h9-10,16-18,21H,8,12-15H2,1-7H3;/q-2;+2/b22-16+;/t18-,21+,27-;/m1./s1. The number of fused-ring (bicyclic) bond motifs is 1. The van der Waals surface area contributed by atoms with E-state index in [-0.39, 0.29) is 46.6 Å². The van der Waals surface area contributed by atoms with Crippen molar-refractivity contribution in [2.45, 2.75) is 52.9 Å². The first kappa shape index (κ1) is 28.4. The van der Waals surface area contributed by atoms with Gasteiger partial charge < -0.3 is 23.9 Å². The number of esters is 1. The summed E-state index contributed by atoms with van der Waals surface area (Å²) in [7, 11) is 4.55. The molecule has 0 N–H and O–H groups in total. The molecule has 0 unspecified atom stereocenters. The van der Waals surface area contributed by atoms with E-state index in [1.165, 1.54) is 13.4 Å². The quantitative estimate of drug-likeness (QED) is 0.125. The average Bonchev–Trinajstić information content (AvgIpc) is 3.16. The zero-order valence-electron chi connectivity index (χ0n) is 21.4. The van der Waals surface area contributed by atoms with Gasteiger partial charge in [-0.25, -0.2) is 10.8 Å². The van der Waals surface area contributed by atoms with Crippen molar-refractivity contribution in [3.8, 4) is 5.75 Å². The monoisotopic (exact) mass is 510 g/mol. The Morgan fingerprint density at radius 1 is 1.32 bits per heavy atom. The minimum Gasteiger partial charge on any atom is -0.540 e. The molecule has 3 rings (SSSR count). The van der Waals surface area contributed by atoms with Gasteiger partial charge in [0.2, 0.25) is 0 Å². The van der Waals surface area contributed by atoms with Crippen molar-refractivity contribution in [1.29, 1.82) is 0 Å². The van der Waals surface area contributed by atoms with E-state index < -0.39 is 5.41 Å². The Hall–Kier alpha value is -1.82. The Morgan fingerprint density at radius 2 is 2.03 bits per heavy atom. The van der Waals surface area contributed by atoms with Crippen LogP contribution in [0.5, 0.6) is 5.75 Å². The van der Waals surface area contributed by atoms with Crippen LogP contribution in [0.3, 0.4) is 0 Å². The zero-order valence-corrected chi connectivity index (χ0v) is 22.5. The van der Waals surface area contributed by atoms with E-state index in [4.69, 9.17) is 14.2 Å². The molecular weight excluding hydrogens is 473 g/mol. The number of carbonyl (C=O) groups excluding carboxylic acids is 2. The molecule has 1 radical (unpaired) electrons. The van der Waals surface area contributed by atoms with Crippen LogP contribution in [-0.4, -0.2) is 51.1 Å². The average molecular weight is 511 g/mol. The molecule has 0 aromatic heterocycles. The maximum absolute atomic E-state index is 14.0. The van der Waals surface area contributed by atoms with E-state index in [0.29, 0.717) is 23.3 Å². The molecule has 0 amide bonds. The van der Waals surface area contributed by atoms with Crippen LogP contribution in [-0.2, 0) is 31.3 Å². The minimum atomic E-state index is -0.676. The number of hydrogen-bond donors (Lipinski definition) is 0. The van der Waals surface area contributed by atoms with Gasteiger partial charge >= 0.3 is 23.0 Å². The largest absolute Gasteiger partial charge is 2.00 e. The van der Waals surface area contributed by atoms with Crippen molar-refractivity contribution in [2.24, 2.45) is 17.3 Å². The van der Waals surface area contributed by atoms with Crippen molar-refractivity contribution in [3.63, 3.8) is 0 Å². The molecule has 2 aliphatic rings. The molecule has 2 saturated heterocycles. The number of ketones is 1. The Kier molecular flexibility index (Phi) is 9.81. The normalized spacial score (nSPS) is 25.5. The molecule has 34 heavy (non-hydrogen) atoms. The predicted octanol–water partition coefficient (Wildman–Crippen LogP) is 4.79. The molecule has 187 valence electrons. The Bertz CT molecular complexity index is 914. The second-order valence-corrected chi connectivity index (χ2v) is 9.58. The summed E-state index contributed by atoms with van der Waals surface area (Å²) in [6, 6.07) is 8.04. The first-order valence-corrected chi connectivity index (χ1v) is 11.8. The van der Waals surface area contributed by atoms with Crippen molar-refractivity contribution >= 4 is 11.8 Å². The number of piperidine rings is 1. The molecule has 1 aromatic carbocycles. The molecule has 0 saturated carbocycles. The first-order valence-electron chi connectivity index (χ1n) is 11.8. The number of nitrogens with zero attached hydrogens (tertiary/aromatic N) is 1. The number of benzene rings is 1. The summed E-state index contributed by atoms with van der Waals surface area (Å²) in [5, 5.41) is 0. The molecule has 2 fully saturated rings. The molecule has 2 heterocycles. The number of hydrogen-bond acceptors (Lipinski definition) is 6. The van der Waals surface area contributed by atoms with E-state index in [1.807, 2.05) is 19.1 Å². The topological polar surface area (TPSA) is 65.1 Å². The third-order valence-corrected chi connectivity index (χ3v) is 7.46. The van der Waals surface area contributed by atoms with E-state index >= 15 is 0 Å². The summed E-state index contributed by atoms with van der Waals surface area (Å²) in [6.45, 7) is 9.99. The van der Waals surface area contributed by atoms with Gasteiger partial charge in [-0.05, 0) is 30.8 Å². The van der Waals surface area contributed by atoms with Crippen molar-refractivity contribution in [1.82, 2.24) is 4.90 Å². The van der Waals surface area contributed by atoms with Gasteiger partial charge in [-0.15, -0.1) is 23.6 Å². The van der Waals surface area contributed by atoms with Crippen LogP contribution in [0.1, 0.15) is 68.8 Å². The smallest absolute Gasteiger partial charge is 0.540 e. The third kappa shape index (κ3) is 5.07. The fourth-order valence-corrected chi connectivity index (χ4v) is 5.50. The van der Waals surface area contributed by atoms with Gasteiger partial charge in [-0.2, -0.15) is 6.42 Å². The Balaban J connectivity index is 0.00000408. The van der Waals surface area contributed by atoms with Gasteiger partial charge in [0.25, 0.3) is 0 Å². The predicted molar refractivity (Wildman–Crippen MR) is 127 cm³/mol. The van der Waals surface area contributed by atoms with Gasteiger partial charge in [0.05, 0.1) is 38.9 Å². The van der Waals surface area contributed by atoms with Crippen molar-refractivity contribution in [3.05, 3.63) is 47.2 Å². The van der Waals surface area contributed by atoms with Crippen LogP contribution >= 0.6 is 0 Å². The summed E-state index contributed by atoms with van der Waals surface area (Å²) in [6.07, 6.45) is 3.79. The summed E-state index contributed by atoms with van der Waals surface area (Å²) in [5.74, 6) is 0.714. The summed E-state index contributed by atoms with van der Waals surface area (Å²) in [5.41, 5.74) is 1.37. The van der Waals surface area contributed by atoms with Gasteiger partial charge in [-0.3, -0.25) is 0 Å². The molecular formula is C27H37MnNO5. The van der Waals surface area contributed by atoms with Gasteiger partial charge in [0, 0.05) is 5.75 Å². The van der Waals surface area contributed by atoms with Crippen LogP contribution in [0.25, 0.3) is 0 Å². The fraction of sp³-hybridized carbons (Fsp3) is 0.593. The van der Waals surface area contributed by atoms with Crippen LogP contribution < -0.4 is 4.74 Å². The second kappa shape index (κ2) is 11.7. The van der Waals surface area contributed by atoms with Gasteiger partial charge in [-0.1, -0.05) is 51.7 Å². The van der Waals surface area contributed by atoms with E-state index in [2.05, 4.69) is 31.7 Å². The van der Waals surface area contributed by atoms with Crippen molar-refractivity contribution < 1.29 is 40.9 Å². The fourth-order valence-electron chi connectivity index (χ4n) is 5.50. The van der Waals surface area contributed by atoms with E-state index in [1.54, 1.807) is 14.2 Å². The number of Topliss-reactive ketones (excluding diaryl/α,β-unsaturated/α-hetero) is 1. The van der Waals surface area contributed by atoms with E-state index in [9.17, 15) is 9.59 Å². The maximum Gasteiger partial charge on any atom is 2.00 e. The molecule has 7 heteroatoms. The maximum atomic E-state index is 14.0. The summed E-state index contributed by atoms with van der Waals surface area (Å²) in [4.78, 5) is 29.0. The minimum absolute atomic E-state index is 0. The molecule has 0 bridgehead atoms. The SMILES string of the molecule is CC[C@@H]1CN2CC[C@@](C)(C(=O)c3[c-]ccc(C(C)C)c3OC)[C-]2C[C@@H]1/C(=C\OC)C(=O)OC.[Mn+2]. The van der Waals surface area contributed by atoms with Gasteiger partial charge in [0.15, 0.2) is 0 Å². The number of ether oxygens (including phenoxy) is 3. The van der Waals surface area contributed by atoms with Crippen molar-refractivity contribution in [2.75, 3.05) is 34.4 Å². The third-order valence-electron chi connectivity index (χ3n) is 7.46. The summed E-state index contributed by atoms with van der Waals surface area (Å²) >= 11 is 0. The Morgan fingerprint density at radius 3 is 2.59 bits per heavy atom. The molecule has 1 aromatic rings. The molecule has 3 atom stereocenters. The molecule has 6 nitrogen and oxygen atoms in total. The van der Waals surface area contributed by atoms with E-state index in [0.717, 1.165) is 37.5 Å². The summed E-state index contributed by atoms with van der Waals surface area (Å²) < 4.78 is 16.0. The number of carbonyl (C=O) groups is 2. The number of methoxy groups -OCH3 is 3. The van der Waals surface area contributed by atoms with Crippen LogP contribution in [0.2, 0.25) is 0 Å². The molecule has 0 aliphatic carbocycles. The van der Waals surface area contributed by atoms with Gasteiger partial charge in [0.1, 0.15) is 0 Å². The Labute approximate surface area is 214 Å². The van der Waals surface area contributed by atoms with Crippen LogP contribution in [0.4, 0.5) is 0 Å². The zero-order chi connectivity index (χ0) is 24.3. The molecule has 2 aliphatic heterocycles.